The molecule has 1 atom stereocenters. The first kappa shape index (κ1) is 25.8. The van der Waals surface area contributed by atoms with Gasteiger partial charge < -0.3 is 10.2 Å². The smallest absolute Gasteiger partial charge is 0.414 e. The molecule has 0 aromatic heterocycles. The second kappa shape index (κ2) is 12.0. The number of hydrogen-bond acceptors (Lipinski definition) is 5. The Bertz CT molecular complexity index is 979. The zero-order valence-corrected chi connectivity index (χ0v) is 19.3. The van der Waals surface area contributed by atoms with Crippen LogP contribution in [0.4, 0.5) is 0 Å². The average molecular weight is 483 g/mol. The Balaban J connectivity index is 0.000000534. The second-order valence-corrected chi connectivity index (χ2v) is 9.75. The summed E-state index contributed by atoms with van der Waals surface area (Å²) in [5.41, 5.74) is 1.35. The number of carbonyl (C=O) groups is 2. The summed E-state index contributed by atoms with van der Waals surface area (Å²) < 4.78 is 27.1. The number of nitrogens with zero attached hydrogens (tertiary/aromatic N) is 2. The fourth-order valence-corrected chi connectivity index (χ4v) is 4.89. The summed E-state index contributed by atoms with van der Waals surface area (Å²) in [7, 11) is -3.44. The molecule has 2 aromatic carbocycles. The van der Waals surface area contributed by atoms with Gasteiger partial charge >= 0.3 is 11.9 Å². The van der Waals surface area contributed by atoms with Crippen molar-refractivity contribution in [1.29, 1.82) is 0 Å². The summed E-state index contributed by atoms with van der Waals surface area (Å²) in [5, 5.41) is 15.3. The van der Waals surface area contributed by atoms with Gasteiger partial charge in [0.1, 0.15) is 0 Å². The highest BCUT2D eigenvalue weighted by atomic mass is 35.5. The van der Waals surface area contributed by atoms with Crippen molar-refractivity contribution in [2.45, 2.75) is 30.7 Å². The number of rotatable bonds is 6. The van der Waals surface area contributed by atoms with Gasteiger partial charge in [-0.05, 0) is 49.6 Å². The number of hydrogen-bond donors (Lipinski definition) is 2. The summed E-state index contributed by atoms with van der Waals surface area (Å²) >= 11 is 5.86. The maximum absolute atomic E-state index is 12.8. The first-order chi connectivity index (χ1) is 15.1. The zero-order valence-electron chi connectivity index (χ0n) is 17.7. The topological polar surface area (TPSA) is 115 Å². The Morgan fingerprint density at radius 3 is 1.97 bits per heavy atom. The summed E-state index contributed by atoms with van der Waals surface area (Å²) in [4.78, 5) is 20.9. The molecule has 1 aliphatic heterocycles. The van der Waals surface area contributed by atoms with E-state index < -0.39 is 22.0 Å². The molecule has 2 N–H and O–H groups in total. The van der Waals surface area contributed by atoms with Gasteiger partial charge in [-0.1, -0.05) is 41.9 Å². The van der Waals surface area contributed by atoms with Crippen LogP contribution in [0.2, 0.25) is 5.02 Å². The molecule has 1 heterocycles. The van der Waals surface area contributed by atoms with Gasteiger partial charge in [-0.3, -0.25) is 4.90 Å². The minimum atomic E-state index is -3.44. The molecule has 1 aliphatic rings. The first-order valence-corrected chi connectivity index (χ1v) is 11.9. The van der Waals surface area contributed by atoms with Crippen LogP contribution in [0.3, 0.4) is 0 Å². The van der Waals surface area contributed by atoms with Crippen LogP contribution < -0.4 is 0 Å². The third-order valence-corrected chi connectivity index (χ3v) is 7.39. The number of carboxylic acid groups (broad SMARTS) is 2. The fraction of sp³-hybridized carbons (Fsp3) is 0.364. The molecule has 1 unspecified atom stereocenters. The van der Waals surface area contributed by atoms with Crippen LogP contribution in [-0.2, 0) is 26.0 Å². The highest BCUT2D eigenvalue weighted by Gasteiger charge is 2.29. The van der Waals surface area contributed by atoms with E-state index in [1.54, 1.807) is 28.6 Å². The van der Waals surface area contributed by atoms with E-state index >= 15 is 0 Å². The molecule has 2 aromatic rings. The predicted octanol–water partition coefficient (Wildman–Crippen LogP) is 2.82. The minimum absolute atomic E-state index is 0.312. The quantitative estimate of drug-likeness (QED) is 0.608. The fourth-order valence-electron chi connectivity index (χ4n) is 3.34. The van der Waals surface area contributed by atoms with E-state index in [2.05, 4.69) is 36.1 Å². The molecule has 8 nitrogen and oxygen atoms in total. The average Bonchev–Trinajstić information content (AvgIpc) is 2.79. The molecule has 1 fully saturated rings. The SMILES string of the molecule is CC(CCc1ccccc1)N1CCN(S(=O)(=O)c2ccc(Cl)cc2)CC1.O=C(O)C(=O)O. The molecule has 32 heavy (non-hydrogen) atoms. The Kier molecular flexibility index (Phi) is 9.64. The predicted molar refractivity (Wildman–Crippen MR) is 121 cm³/mol. The number of carboxylic acids is 2. The van der Waals surface area contributed by atoms with Crippen LogP contribution in [0, 0.1) is 0 Å². The molecule has 0 radical (unpaired) electrons. The van der Waals surface area contributed by atoms with Crippen LogP contribution in [0.1, 0.15) is 18.9 Å². The second-order valence-electron chi connectivity index (χ2n) is 7.38. The monoisotopic (exact) mass is 482 g/mol. The van der Waals surface area contributed by atoms with E-state index in [1.165, 1.54) is 5.56 Å². The number of benzene rings is 2. The van der Waals surface area contributed by atoms with Crippen LogP contribution in [0.25, 0.3) is 0 Å². The maximum Gasteiger partial charge on any atom is 0.414 e. The van der Waals surface area contributed by atoms with Crippen LogP contribution in [0.5, 0.6) is 0 Å². The van der Waals surface area contributed by atoms with Gasteiger partial charge in [0, 0.05) is 37.2 Å². The summed E-state index contributed by atoms with van der Waals surface area (Å²) in [6.45, 7) is 4.82. The van der Waals surface area contributed by atoms with Crippen molar-refractivity contribution in [1.82, 2.24) is 9.21 Å². The molecule has 174 valence electrons. The lowest BCUT2D eigenvalue weighted by Gasteiger charge is -2.37. The van der Waals surface area contributed by atoms with Crippen molar-refractivity contribution in [2.24, 2.45) is 0 Å². The summed E-state index contributed by atoms with van der Waals surface area (Å²) in [6, 6.07) is 17.3. The van der Waals surface area contributed by atoms with Gasteiger partial charge in [-0.15, -0.1) is 0 Å². The van der Waals surface area contributed by atoms with Gasteiger partial charge in [-0.2, -0.15) is 4.31 Å². The van der Waals surface area contributed by atoms with E-state index in [0.29, 0.717) is 29.0 Å². The third-order valence-electron chi connectivity index (χ3n) is 5.22. The molecule has 10 heteroatoms. The van der Waals surface area contributed by atoms with Crippen molar-refractivity contribution in [3.8, 4) is 0 Å². The van der Waals surface area contributed by atoms with Crippen LogP contribution >= 0.6 is 11.6 Å². The number of sulfonamides is 1. The van der Waals surface area contributed by atoms with Gasteiger partial charge in [0.05, 0.1) is 4.90 Å². The van der Waals surface area contributed by atoms with E-state index in [9.17, 15) is 8.42 Å². The molecule has 1 saturated heterocycles. The Morgan fingerprint density at radius 2 is 1.47 bits per heavy atom. The van der Waals surface area contributed by atoms with E-state index in [-0.39, 0.29) is 0 Å². The van der Waals surface area contributed by atoms with Gasteiger partial charge in [-0.25, -0.2) is 18.0 Å². The van der Waals surface area contributed by atoms with Crippen molar-refractivity contribution < 1.29 is 28.2 Å². The molecule has 0 spiro atoms. The number of halogens is 1. The van der Waals surface area contributed by atoms with Gasteiger partial charge in [0.25, 0.3) is 0 Å². The molecule has 0 aliphatic carbocycles. The lowest BCUT2D eigenvalue weighted by molar-refractivity contribution is -0.159. The van der Waals surface area contributed by atoms with E-state index in [4.69, 9.17) is 31.4 Å². The summed E-state index contributed by atoms with van der Waals surface area (Å²) in [6.07, 6.45) is 2.12. The summed E-state index contributed by atoms with van der Waals surface area (Å²) in [5.74, 6) is -3.65. The largest absolute Gasteiger partial charge is 0.473 e. The van der Waals surface area contributed by atoms with E-state index in [1.807, 2.05) is 6.07 Å². The standard InChI is InChI=1S/C20H25ClN2O2S.C2H2O4/c1-17(7-8-18-5-3-2-4-6-18)22-13-15-23(16-14-22)26(24,25)20-11-9-19(21)10-12-20;3-1(4)2(5)6/h2-6,9-12,17H,7-8,13-16H2,1H3;(H,3,4)(H,5,6). The number of piperazine rings is 1. The minimum Gasteiger partial charge on any atom is -0.473 e. The highest BCUT2D eigenvalue weighted by Crippen LogP contribution is 2.21. The third kappa shape index (κ3) is 7.59. The molecule has 0 bridgehead atoms. The van der Waals surface area contributed by atoms with Crippen LogP contribution in [0.15, 0.2) is 59.5 Å². The molecule has 0 saturated carbocycles. The Morgan fingerprint density at radius 1 is 0.938 bits per heavy atom. The van der Waals surface area contributed by atoms with Crippen molar-refractivity contribution in [2.75, 3.05) is 26.2 Å². The highest BCUT2D eigenvalue weighted by molar-refractivity contribution is 7.89. The zero-order chi connectivity index (χ0) is 23.7. The molecule has 3 rings (SSSR count). The molecule has 0 amide bonds. The lowest BCUT2D eigenvalue weighted by Crippen LogP contribution is -2.51. The van der Waals surface area contributed by atoms with Crippen molar-refractivity contribution in [3.63, 3.8) is 0 Å². The van der Waals surface area contributed by atoms with Crippen molar-refractivity contribution >= 4 is 33.6 Å². The van der Waals surface area contributed by atoms with E-state index in [0.717, 1.165) is 25.9 Å². The Labute approximate surface area is 193 Å². The van der Waals surface area contributed by atoms with Gasteiger partial charge in [0.15, 0.2) is 0 Å². The molecular formula is C22H27ClN2O6S. The lowest BCUT2D eigenvalue weighted by atomic mass is 10.0. The van der Waals surface area contributed by atoms with Gasteiger partial charge in [0.2, 0.25) is 10.0 Å². The Hall–Kier alpha value is -2.46. The van der Waals surface area contributed by atoms with Crippen molar-refractivity contribution in [3.05, 3.63) is 65.2 Å². The van der Waals surface area contributed by atoms with Crippen LogP contribution in [-0.4, -0.2) is 72.0 Å². The number of aryl methyl sites for hydroxylation is 1. The maximum atomic E-state index is 12.8. The number of aliphatic carboxylic acids is 2. The molecular weight excluding hydrogens is 456 g/mol. The first-order valence-electron chi connectivity index (χ1n) is 10.1. The normalized spacial score (nSPS) is 15.9.